The van der Waals surface area contributed by atoms with Gasteiger partial charge in [-0.3, -0.25) is 4.98 Å². The van der Waals surface area contributed by atoms with E-state index >= 15 is 0 Å². The number of hydrogen-bond donors (Lipinski definition) is 1. The molecule has 0 aliphatic rings. The number of nitrogens with zero attached hydrogens (tertiary/aromatic N) is 1. The van der Waals surface area contributed by atoms with Crippen LogP contribution >= 0.6 is 0 Å². The van der Waals surface area contributed by atoms with Crippen molar-refractivity contribution in [2.24, 2.45) is 0 Å². The first-order valence-electron chi connectivity index (χ1n) is 4.94. The largest absolute Gasteiger partial charge is 0.378 e. The summed E-state index contributed by atoms with van der Waals surface area (Å²) in [6, 6.07) is 4.87. The minimum absolute atomic E-state index is 0.195. The van der Waals surface area contributed by atoms with Gasteiger partial charge in [0.2, 0.25) is 0 Å². The van der Waals surface area contributed by atoms with Gasteiger partial charge in [0.25, 0.3) is 0 Å². The molecule has 0 atom stereocenters. The average Bonchev–Trinajstić information content (AvgIpc) is 2.33. The Morgan fingerprint density at radius 1 is 1.06 bits per heavy atom. The topological polar surface area (TPSA) is 24.9 Å². The van der Waals surface area contributed by atoms with Crippen LogP contribution in [0.4, 0.5) is 18.9 Å². The van der Waals surface area contributed by atoms with Crippen LogP contribution in [-0.4, -0.2) is 4.98 Å². The molecule has 17 heavy (non-hydrogen) atoms. The van der Waals surface area contributed by atoms with Crippen LogP contribution in [-0.2, 0) is 6.54 Å². The summed E-state index contributed by atoms with van der Waals surface area (Å²) in [7, 11) is 0. The molecule has 0 unspecified atom stereocenters. The molecule has 0 radical (unpaired) electrons. The van der Waals surface area contributed by atoms with E-state index < -0.39 is 17.5 Å². The highest BCUT2D eigenvalue weighted by Gasteiger charge is 2.10. The van der Waals surface area contributed by atoms with E-state index in [1.54, 1.807) is 24.5 Å². The lowest BCUT2D eigenvalue weighted by atomic mass is 10.2. The zero-order chi connectivity index (χ0) is 12.3. The highest BCUT2D eigenvalue weighted by atomic mass is 19.2. The smallest absolute Gasteiger partial charge is 0.182 e. The Balaban J connectivity index is 2.14. The molecule has 0 fully saturated rings. The van der Waals surface area contributed by atoms with Gasteiger partial charge in [-0.1, -0.05) is 0 Å². The number of aromatic nitrogens is 1. The van der Waals surface area contributed by atoms with Gasteiger partial charge in [0, 0.05) is 31.1 Å². The third-order valence-corrected chi connectivity index (χ3v) is 2.23. The molecule has 0 aliphatic carbocycles. The highest BCUT2D eigenvalue weighted by molar-refractivity contribution is 5.45. The van der Waals surface area contributed by atoms with E-state index in [4.69, 9.17) is 0 Å². The van der Waals surface area contributed by atoms with Crippen LogP contribution in [0.3, 0.4) is 0 Å². The second-order valence-corrected chi connectivity index (χ2v) is 3.46. The van der Waals surface area contributed by atoms with E-state index in [2.05, 4.69) is 10.3 Å². The van der Waals surface area contributed by atoms with E-state index in [0.29, 0.717) is 6.07 Å². The lowest BCUT2D eigenvalue weighted by molar-refractivity contribution is 0.497. The lowest BCUT2D eigenvalue weighted by Gasteiger charge is -2.08. The summed E-state index contributed by atoms with van der Waals surface area (Å²) in [5, 5.41) is 2.63. The van der Waals surface area contributed by atoms with Crippen molar-refractivity contribution in [1.82, 2.24) is 4.98 Å². The summed E-state index contributed by atoms with van der Waals surface area (Å²) in [5.74, 6) is -3.11. The molecule has 1 heterocycles. The molecule has 1 N–H and O–H groups in total. The predicted octanol–water partition coefficient (Wildman–Crippen LogP) is 3.11. The van der Waals surface area contributed by atoms with Gasteiger partial charge in [0.05, 0.1) is 5.69 Å². The second kappa shape index (κ2) is 4.86. The zero-order valence-corrected chi connectivity index (χ0v) is 8.75. The van der Waals surface area contributed by atoms with Gasteiger partial charge in [-0.25, -0.2) is 13.2 Å². The first kappa shape index (κ1) is 11.4. The van der Waals surface area contributed by atoms with Crippen LogP contribution in [0.2, 0.25) is 0 Å². The summed E-state index contributed by atoms with van der Waals surface area (Å²) >= 11 is 0. The molecule has 2 rings (SSSR count). The van der Waals surface area contributed by atoms with Crippen molar-refractivity contribution in [3.8, 4) is 0 Å². The molecular weight excluding hydrogens is 229 g/mol. The number of halogens is 3. The van der Waals surface area contributed by atoms with Crippen LogP contribution in [0.25, 0.3) is 0 Å². The van der Waals surface area contributed by atoms with Crippen LogP contribution in [0.1, 0.15) is 5.56 Å². The normalized spacial score (nSPS) is 10.3. The summed E-state index contributed by atoms with van der Waals surface area (Å²) < 4.78 is 39.0. The molecule has 0 aliphatic heterocycles. The molecule has 5 heteroatoms. The Bertz CT molecular complexity index is 515. The first-order chi connectivity index (χ1) is 8.16. The maximum absolute atomic E-state index is 13.3. The maximum Gasteiger partial charge on any atom is 0.182 e. The minimum atomic E-state index is -1.21. The fourth-order valence-electron chi connectivity index (χ4n) is 1.38. The lowest BCUT2D eigenvalue weighted by Crippen LogP contribution is -2.03. The molecule has 1 aromatic heterocycles. The molecular formula is C12H9F3N2. The fourth-order valence-corrected chi connectivity index (χ4v) is 1.38. The van der Waals surface area contributed by atoms with Crippen LogP contribution < -0.4 is 5.32 Å². The number of hydrogen-bond acceptors (Lipinski definition) is 2. The quantitative estimate of drug-likeness (QED) is 0.831. The van der Waals surface area contributed by atoms with E-state index in [0.717, 1.165) is 11.6 Å². The van der Waals surface area contributed by atoms with Crippen molar-refractivity contribution in [3.05, 3.63) is 59.7 Å². The number of anilines is 1. The molecule has 0 amide bonds. The Hall–Kier alpha value is -2.04. The van der Waals surface area contributed by atoms with Gasteiger partial charge in [-0.05, 0) is 17.7 Å². The van der Waals surface area contributed by atoms with Crippen molar-refractivity contribution < 1.29 is 13.2 Å². The van der Waals surface area contributed by atoms with Crippen molar-refractivity contribution in [2.45, 2.75) is 6.54 Å². The van der Waals surface area contributed by atoms with E-state index in [1.165, 1.54) is 0 Å². The van der Waals surface area contributed by atoms with Crippen LogP contribution in [0, 0.1) is 17.5 Å². The van der Waals surface area contributed by atoms with Crippen molar-refractivity contribution in [3.63, 3.8) is 0 Å². The van der Waals surface area contributed by atoms with Gasteiger partial charge < -0.3 is 5.32 Å². The molecule has 0 saturated heterocycles. The molecule has 0 saturated carbocycles. The minimum Gasteiger partial charge on any atom is -0.378 e. The summed E-state index contributed by atoms with van der Waals surface area (Å²) in [6.07, 6.45) is 3.17. The van der Waals surface area contributed by atoms with Crippen LogP contribution in [0.15, 0.2) is 36.7 Å². The fraction of sp³-hybridized carbons (Fsp3) is 0.0833. The standard InChI is InChI=1S/C12H9F3N2/c13-9-5-10(14)12(15)11(6-9)17-7-8-1-3-16-4-2-8/h1-6,17H,7H2. The molecule has 2 aromatic rings. The van der Waals surface area contributed by atoms with E-state index in [1.807, 2.05) is 0 Å². The molecule has 0 bridgehead atoms. The van der Waals surface area contributed by atoms with Crippen molar-refractivity contribution >= 4 is 5.69 Å². The van der Waals surface area contributed by atoms with Crippen molar-refractivity contribution in [1.29, 1.82) is 0 Å². The monoisotopic (exact) mass is 238 g/mol. The number of nitrogens with one attached hydrogen (secondary N) is 1. The van der Waals surface area contributed by atoms with Crippen LogP contribution in [0.5, 0.6) is 0 Å². The van der Waals surface area contributed by atoms with Gasteiger partial charge in [0.1, 0.15) is 5.82 Å². The molecule has 0 spiro atoms. The first-order valence-corrected chi connectivity index (χ1v) is 4.94. The number of rotatable bonds is 3. The number of pyridine rings is 1. The number of benzene rings is 1. The summed E-state index contributed by atoms with van der Waals surface area (Å²) in [4.78, 5) is 3.82. The van der Waals surface area contributed by atoms with Gasteiger partial charge in [-0.15, -0.1) is 0 Å². The zero-order valence-electron chi connectivity index (χ0n) is 8.75. The Labute approximate surface area is 96.1 Å². The Morgan fingerprint density at radius 2 is 1.76 bits per heavy atom. The molecule has 1 aromatic carbocycles. The predicted molar refractivity (Wildman–Crippen MR) is 57.9 cm³/mol. The van der Waals surface area contributed by atoms with E-state index in [-0.39, 0.29) is 12.2 Å². The third kappa shape index (κ3) is 2.75. The highest BCUT2D eigenvalue weighted by Crippen LogP contribution is 2.19. The van der Waals surface area contributed by atoms with Gasteiger partial charge in [-0.2, -0.15) is 0 Å². The molecule has 88 valence electrons. The van der Waals surface area contributed by atoms with Crippen molar-refractivity contribution in [2.75, 3.05) is 5.32 Å². The second-order valence-electron chi connectivity index (χ2n) is 3.46. The van der Waals surface area contributed by atoms with E-state index in [9.17, 15) is 13.2 Å². The van der Waals surface area contributed by atoms with Gasteiger partial charge in [0.15, 0.2) is 11.6 Å². The molecule has 2 nitrogen and oxygen atoms in total. The SMILES string of the molecule is Fc1cc(F)c(F)c(NCc2ccncc2)c1. The van der Waals surface area contributed by atoms with Gasteiger partial charge >= 0.3 is 0 Å². The summed E-state index contributed by atoms with van der Waals surface area (Å²) in [5.41, 5.74) is 0.642. The summed E-state index contributed by atoms with van der Waals surface area (Å²) in [6.45, 7) is 0.266. The Kier molecular flexibility index (Phi) is 3.27. The Morgan fingerprint density at radius 3 is 2.47 bits per heavy atom. The third-order valence-electron chi connectivity index (χ3n) is 2.23. The average molecular weight is 238 g/mol. The maximum atomic E-state index is 13.3.